The van der Waals surface area contributed by atoms with Crippen molar-refractivity contribution in [1.82, 2.24) is 0 Å². The van der Waals surface area contributed by atoms with E-state index in [9.17, 15) is 9.59 Å². The number of carbonyl (C=O) groups is 2. The number of rotatable bonds is 0. The molecule has 1 aliphatic heterocycles. The third kappa shape index (κ3) is 1.43. The van der Waals surface area contributed by atoms with Crippen LogP contribution in [0.25, 0.3) is 0 Å². The fourth-order valence-electron chi connectivity index (χ4n) is 2.24. The van der Waals surface area contributed by atoms with Crippen LogP contribution in [0.4, 0.5) is 0 Å². The number of hydrogen-bond acceptors (Lipinski definition) is 7. The van der Waals surface area contributed by atoms with E-state index in [0.29, 0.717) is 0 Å². The summed E-state index contributed by atoms with van der Waals surface area (Å²) in [6, 6.07) is 0. The summed E-state index contributed by atoms with van der Waals surface area (Å²) in [4.78, 5) is 23.3. The lowest BCUT2D eigenvalue weighted by Crippen LogP contribution is -2.64. The van der Waals surface area contributed by atoms with Gasteiger partial charge < -0.3 is 27.7 Å². The number of cyclic esters (lactones) is 2. The summed E-state index contributed by atoms with van der Waals surface area (Å²) in [6.07, 6.45) is 0. The third-order valence-electron chi connectivity index (χ3n) is 3.29. The van der Waals surface area contributed by atoms with E-state index < -0.39 is 34.3 Å². The van der Waals surface area contributed by atoms with Gasteiger partial charge in [0.15, 0.2) is 0 Å². The Morgan fingerprint density at radius 3 is 1.53 bits per heavy atom. The highest BCUT2D eigenvalue weighted by Crippen LogP contribution is 2.50. The molecule has 0 aromatic rings. The first-order chi connectivity index (χ1) is 7.61. The second-order valence-corrected chi connectivity index (χ2v) is 6.30. The number of fused-ring (bicyclic) bond motifs is 1. The van der Waals surface area contributed by atoms with Gasteiger partial charge in [0.25, 0.3) is 0 Å². The van der Waals surface area contributed by atoms with Gasteiger partial charge in [-0.05, 0) is 0 Å². The fraction of sp³-hybridized carbons (Fsp3) is 0.500. The van der Waals surface area contributed by atoms with Crippen LogP contribution in [0.15, 0.2) is 11.4 Å². The van der Waals surface area contributed by atoms with Gasteiger partial charge in [-0.1, -0.05) is 0 Å². The van der Waals surface area contributed by atoms with Gasteiger partial charge in [0, 0.05) is 0 Å². The Balaban J connectivity index is 2.69. The predicted molar refractivity (Wildman–Crippen MR) is 66.7 cm³/mol. The van der Waals surface area contributed by atoms with Crippen LogP contribution in [-0.2, 0) is 14.3 Å². The number of nitrogens with two attached hydrogens (primary N) is 4. The molecule has 94 valence electrons. The first kappa shape index (κ1) is 12.7. The Hall–Kier alpha value is -0.740. The Morgan fingerprint density at radius 1 is 0.941 bits per heavy atom. The van der Waals surface area contributed by atoms with Gasteiger partial charge in [-0.2, -0.15) is 0 Å². The summed E-state index contributed by atoms with van der Waals surface area (Å²) in [6.45, 7) is 0. The third-order valence-corrected chi connectivity index (χ3v) is 4.64. The molecule has 7 nitrogen and oxygen atoms in total. The number of hydrogen-bond donors (Lipinski definition) is 4. The van der Waals surface area contributed by atoms with E-state index in [-0.39, 0.29) is 11.4 Å². The molecule has 0 bridgehead atoms. The molecule has 0 amide bonds. The summed E-state index contributed by atoms with van der Waals surface area (Å²) in [5, 5.41) is -2.64. The molecule has 8 N–H and O–H groups in total. The smallest absolute Gasteiger partial charge is 0.320 e. The SMILES string of the molecule is NC1=C(N)C(N)(P)C2C(=O)OC(=O)C2C1(N)P. The van der Waals surface area contributed by atoms with Crippen LogP contribution in [-0.4, -0.2) is 22.5 Å². The molecule has 0 aromatic carbocycles. The van der Waals surface area contributed by atoms with Crippen LogP contribution in [0.3, 0.4) is 0 Å². The van der Waals surface area contributed by atoms with Crippen molar-refractivity contribution in [1.29, 1.82) is 0 Å². The molecule has 17 heavy (non-hydrogen) atoms. The lowest BCUT2D eigenvalue weighted by molar-refractivity contribution is -0.154. The summed E-state index contributed by atoms with van der Waals surface area (Å²) >= 11 is 0. The lowest BCUT2D eigenvalue weighted by atomic mass is 9.74. The Kier molecular flexibility index (Phi) is 2.53. The van der Waals surface area contributed by atoms with Crippen molar-refractivity contribution in [3.05, 3.63) is 11.4 Å². The highest BCUT2D eigenvalue weighted by Gasteiger charge is 2.64. The minimum atomic E-state index is -1.32. The average molecular weight is 276 g/mol. The van der Waals surface area contributed by atoms with Gasteiger partial charge in [-0.3, -0.25) is 9.59 Å². The van der Waals surface area contributed by atoms with Crippen molar-refractivity contribution in [2.24, 2.45) is 34.8 Å². The van der Waals surface area contributed by atoms with Gasteiger partial charge in [0.1, 0.15) is 11.8 Å². The zero-order valence-electron chi connectivity index (χ0n) is 8.84. The molecule has 6 unspecified atom stereocenters. The lowest BCUT2D eigenvalue weighted by Gasteiger charge is -2.44. The largest absolute Gasteiger partial charge is 0.399 e. The zero-order valence-corrected chi connectivity index (χ0v) is 11.2. The van der Waals surface area contributed by atoms with Crippen molar-refractivity contribution >= 4 is 30.4 Å². The second kappa shape index (κ2) is 3.39. The van der Waals surface area contributed by atoms with E-state index in [4.69, 9.17) is 22.9 Å². The molecule has 0 aromatic heterocycles. The molecule has 0 radical (unpaired) electrons. The maximum absolute atomic E-state index is 11.7. The molecule has 2 aliphatic rings. The summed E-state index contributed by atoms with van der Waals surface area (Å²) in [5.41, 5.74) is 23.6. The molecular formula is C8H14N4O3P2. The van der Waals surface area contributed by atoms with E-state index in [2.05, 4.69) is 23.2 Å². The molecule has 1 heterocycles. The van der Waals surface area contributed by atoms with Crippen LogP contribution in [0.1, 0.15) is 0 Å². The first-order valence-corrected chi connectivity index (χ1v) is 5.94. The molecular weight excluding hydrogens is 262 g/mol. The Morgan fingerprint density at radius 2 is 1.24 bits per heavy atom. The minimum Gasteiger partial charge on any atom is -0.399 e. The number of ether oxygens (including phenoxy) is 1. The molecule has 1 saturated heterocycles. The van der Waals surface area contributed by atoms with Crippen molar-refractivity contribution in [2.75, 3.05) is 0 Å². The molecule has 6 atom stereocenters. The monoisotopic (exact) mass is 276 g/mol. The van der Waals surface area contributed by atoms with Crippen LogP contribution in [0, 0.1) is 11.8 Å². The molecule has 1 aliphatic carbocycles. The van der Waals surface area contributed by atoms with Crippen LogP contribution < -0.4 is 22.9 Å². The van der Waals surface area contributed by atoms with E-state index in [1.807, 2.05) is 0 Å². The normalized spacial score (nSPS) is 45.9. The van der Waals surface area contributed by atoms with Crippen LogP contribution >= 0.6 is 18.5 Å². The highest BCUT2D eigenvalue weighted by atomic mass is 31.0. The molecule has 0 spiro atoms. The molecule has 2 rings (SSSR count). The zero-order chi connectivity index (χ0) is 13.2. The van der Waals surface area contributed by atoms with Gasteiger partial charge >= 0.3 is 11.9 Å². The van der Waals surface area contributed by atoms with Crippen molar-refractivity contribution in [3.63, 3.8) is 0 Å². The quantitative estimate of drug-likeness (QED) is 0.217. The molecule has 9 heteroatoms. The first-order valence-electron chi connectivity index (χ1n) is 4.79. The van der Waals surface area contributed by atoms with Gasteiger partial charge in [-0.15, -0.1) is 18.5 Å². The maximum Gasteiger partial charge on any atom is 0.320 e. The summed E-state index contributed by atoms with van der Waals surface area (Å²) in [7, 11) is 4.48. The van der Waals surface area contributed by atoms with Gasteiger partial charge in [-0.25, -0.2) is 0 Å². The Labute approximate surface area is 102 Å². The highest BCUT2D eigenvalue weighted by molar-refractivity contribution is 7.20. The maximum atomic E-state index is 11.7. The topological polar surface area (TPSA) is 147 Å². The molecule has 1 fully saturated rings. The predicted octanol–water partition coefficient (Wildman–Crippen LogP) is -2.49. The van der Waals surface area contributed by atoms with E-state index in [1.165, 1.54) is 0 Å². The number of esters is 2. The van der Waals surface area contributed by atoms with E-state index in [1.54, 1.807) is 0 Å². The standard InChI is InChI=1S/C8H14N4O3P2/c9-3-4(10)8(12,17)2-1(7(3,11)16)5(13)15-6(2)14/h1-2H,9-12,16-17H2. The minimum absolute atomic E-state index is 0.0768. The average Bonchev–Trinajstić information content (AvgIpc) is 2.50. The van der Waals surface area contributed by atoms with Crippen molar-refractivity contribution < 1.29 is 14.3 Å². The summed E-state index contributed by atoms with van der Waals surface area (Å²) < 4.78 is 4.57. The van der Waals surface area contributed by atoms with Gasteiger partial charge in [0.2, 0.25) is 0 Å². The summed E-state index contributed by atoms with van der Waals surface area (Å²) in [5.74, 6) is -3.36. The van der Waals surface area contributed by atoms with Crippen molar-refractivity contribution in [2.45, 2.75) is 10.6 Å². The van der Waals surface area contributed by atoms with Gasteiger partial charge in [0.05, 0.1) is 22.0 Å². The van der Waals surface area contributed by atoms with Crippen LogP contribution in [0.2, 0.25) is 0 Å². The fourth-order valence-corrected chi connectivity index (χ4v) is 3.21. The number of carbonyl (C=O) groups excluding carboxylic acids is 2. The van der Waals surface area contributed by atoms with Crippen LogP contribution in [0.5, 0.6) is 0 Å². The van der Waals surface area contributed by atoms with E-state index in [0.717, 1.165) is 0 Å². The Bertz CT molecular complexity index is 420. The second-order valence-electron chi connectivity index (χ2n) is 4.39. The van der Waals surface area contributed by atoms with Crippen molar-refractivity contribution in [3.8, 4) is 0 Å². The van der Waals surface area contributed by atoms with E-state index >= 15 is 0 Å². The molecule has 0 saturated carbocycles.